The van der Waals surface area contributed by atoms with Crippen LogP contribution >= 0.6 is 11.6 Å². The second kappa shape index (κ2) is 11.9. The van der Waals surface area contributed by atoms with Crippen LogP contribution in [0.2, 0.25) is 5.02 Å². The van der Waals surface area contributed by atoms with Gasteiger partial charge < -0.3 is 10.2 Å². The number of carbonyl (C=O) groups excluding carboxylic acids is 2. The lowest BCUT2D eigenvalue weighted by Crippen LogP contribution is -2.49. The zero-order valence-electron chi connectivity index (χ0n) is 19.3. The maximum Gasteiger partial charge on any atom is 0.242 e. The quantitative estimate of drug-likeness (QED) is 0.510. The molecular formula is C26H35ClN2O2. The van der Waals surface area contributed by atoms with Crippen molar-refractivity contribution in [1.82, 2.24) is 10.2 Å². The van der Waals surface area contributed by atoms with Crippen LogP contribution in [0.4, 0.5) is 0 Å². The number of amides is 2. The topological polar surface area (TPSA) is 49.4 Å². The Hall–Kier alpha value is -2.33. The molecule has 0 aliphatic rings. The van der Waals surface area contributed by atoms with Crippen molar-refractivity contribution in [1.29, 1.82) is 0 Å². The molecule has 4 nitrogen and oxygen atoms in total. The van der Waals surface area contributed by atoms with E-state index in [0.29, 0.717) is 30.3 Å². The Kier molecular flexibility index (Phi) is 9.57. The molecule has 5 heteroatoms. The highest BCUT2D eigenvalue weighted by Crippen LogP contribution is 2.18. The maximum absolute atomic E-state index is 13.2. The summed E-state index contributed by atoms with van der Waals surface area (Å²) < 4.78 is 0. The second-order valence-electron chi connectivity index (χ2n) is 8.54. The van der Waals surface area contributed by atoms with E-state index in [-0.39, 0.29) is 17.9 Å². The van der Waals surface area contributed by atoms with E-state index in [2.05, 4.69) is 43.4 Å². The first-order valence-corrected chi connectivity index (χ1v) is 11.5. The minimum absolute atomic E-state index is 0.0419. The Balaban J connectivity index is 2.13. The Bertz CT molecular complexity index is 864. The summed E-state index contributed by atoms with van der Waals surface area (Å²) in [4.78, 5) is 27.6. The van der Waals surface area contributed by atoms with Gasteiger partial charge in [0.05, 0.1) is 0 Å². The molecule has 0 saturated heterocycles. The van der Waals surface area contributed by atoms with Gasteiger partial charge >= 0.3 is 0 Å². The van der Waals surface area contributed by atoms with Gasteiger partial charge in [0.25, 0.3) is 0 Å². The minimum Gasteiger partial charge on any atom is -0.352 e. The number of nitrogens with zero attached hydrogens (tertiary/aromatic N) is 1. The molecule has 1 N–H and O–H groups in total. The van der Waals surface area contributed by atoms with Crippen molar-refractivity contribution in [2.75, 3.05) is 0 Å². The molecule has 0 spiro atoms. The number of carbonyl (C=O) groups is 2. The number of halogens is 1. The van der Waals surface area contributed by atoms with Crippen LogP contribution < -0.4 is 5.32 Å². The first kappa shape index (κ1) is 24.9. The lowest BCUT2D eigenvalue weighted by Gasteiger charge is -2.30. The number of nitrogens with one attached hydrogen (secondary N) is 1. The molecule has 2 amide bonds. The van der Waals surface area contributed by atoms with Crippen molar-refractivity contribution < 1.29 is 9.59 Å². The SMILES string of the molecule is CC[C@H](C)NC(=O)[C@H](C)N(Cc1cccc(Cl)c1)C(=O)CCc1ccc(C(C)C)cc1. The molecule has 0 fully saturated rings. The Morgan fingerprint density at radius 2 is 1.68 bits per heavy atom. The van der Waals surface area contributed by atoms with E-state index < -0.39 is 6.04 Å². The molecule has 0 saturated carbocycles. The number of rotatable bonds is 10. The molecule has 0 aliphatic carbocycles. The highest BCUT2D eigenvalue weighted by molar-refractivity contribution is 6.30. The van der Waals surface area contributed by atoms with E-state index in [0.717, 1.165) is 17.5 Å². The average molecular weight is 443 g/mol. The molecular weight excluding hydrogens is 408 g/mol. The van der Waals surface area contributed by atoms with Crippen molar-refractivity contribution in [3.05, 3.63) is 70.2 Å². The second-order valence-corrected chi connectivity index (χ2v) is 8.98. The highest BCUT2D eigenvalue weighted by atomic mass is 35.5. The highest BCUT2D eigenvalue weighted by Gasteiger charge is 2.26. The van der Waals surface area contributed by atoms with Crippen LogP contribution in [0.1, 0.15) is 70.1 Å². The van der Waals surface area contributed by atoms with Crippen molar-refractivity contribution >= 4 is 23.4 Å². The maximum atomic E-state index is 13.2. The van der Waals surface area contributed by atoms with Gasteiger partial charge in [0, 0.05) is 24.0 Å². The molecule has 0 unspecified atom stereocenters. The van der Waals surface area contributed by atoms with Gasteiger partial charge in [-0.05, 0) is 61.4 Å². The van der Waals surface area contributed by atoms with Crippen LogP contribution in [-0.2, 0) is 22.6 Å². The van der Waals surface area contributed by atoms with Crippen molar-refractivity contribution in [3.8, 4) is 0 Å². The lowest BCUT2D eigenvalue weighted by atomic mass is 10.00. The van der Waals surface area contributed by atoms with Crippen LogP contribution in [0, 0.1) is 0 Å². The van der Waals surface area contributed by atoms with Gasteiger partial charge in [-0.1, -0.05) is 68.8 Å². The summed E-state index contributed by atoms with van der Waals surface area (Å²) >= 11 is 6.13. The molecule has 0 heterocycles. The molecule has 2 atom stereocenters. The van der Waals surface area contributed by atoms with E-state index >= 15 is 0 Å². The van der Waals surface area contributed by atoms with E-state index in [1.807, 2.05) is 32.0 Å². The minimum atomic E-state index is -0.566. The number of aryl methyl sites for hydroxylation is 1. The van der Waals surface area contributed by atoms with Gasteiger partial charge in [0.1, 0.15) is 6.04 Å². The fourth-order valence-corrected chi connectivity index (χ4v) is 3.56. The van der Waals surface area contributed by atoms with E-state index in [9.17, 15) is 9.59 Å². The smallest absolute Gasteiger partial charge is 0.242 e. The van der Waals surface area contributed by atoms with Gasteiger partial charge in [-0.25, -0.2) is 0 Å². The predicted molar refractivity (Wildman–Crippen MR) is 128 cm³/mol. The fourth-order valence-electron chi connectivity index (χ4n) is 3.34. The van der Waals surface area contributed by atoms with Crippen molar-refractivity contribution in [3.63, 3.8) is 0 Å². The Morgan fingerprint density at radius 1 is 1.00 bits per heavy atom. The van der Waals surface area contributed by atoms with Gasteiger partial charge in [-0.2, -0.15) is 0 Å². The lowest BCUT2D eigenvalue weighted by molar-refractivity contribution is -0.140. The third-order valence-electron chi connectivity index (χ3n) is 5.68. The van der Waals surface area contributed by atoms with Crippen molar-refractivity contribution in [2.45, 2.75) is 78.4 Å². The Morgan fingerprint density at radius 3 is 2.26 bits per heavy atom. The third-order valence-corrected chi connectivity index (χ3v) is 5.92. The van der Waals surface area contributed by atoms with Crippen molar-refractivity contribution in [2.24, 2.45) is 0 Å². The molecule has 2 aromatic rings. The zero-order chi connectivity index (χ0) is 23.0. The summed E-state index contributed by atoms with van der Waals surface area (Å²) in [5.41, 5.74) is 3.32. The molecule has 0 aromatic heterocycles. The first-order valence-electron chi connectivity index (χ1n) is 11.1. The van der Waals surface area contributed by atoms with Crippen LogP contribution in [0.25, 0.3) is 0 Å². The third kappa shape index (κ3) is 7.70. The monoisotopic (exact) mass is 442 g/mol. The van der Waals surface area contributed by atoms with E-state index in [1.165, 1.54) is 5.56 Å². The number of hydrogen-bond donors (Lipinski definition) is 1. The van der Waals surface area contributed by atoms with Crippen LogP contribution in [0.5, 0.6) is 0 Å². The summed E-state index contributed by atoms with van der Waals surface area (Å²) in [5, 5.41) is 3.61. The van der Waals surface area contributed by atoms with E-state index in [1.54, 1.807) is 17.9 Å². The summed E-state index contributed by atoms with van der Waals surface area (Å²) in [6.45, 7) is 10.5. The summed E-state index contributed by atoms with van der Waals surface area (Å²) in [7, 11) is 0. The van der Waals surface area contributed by atoms with Gasteiger partial charge in [0.2, 0.25) is 11.8 Å². The molecule has 168 valence electrons. The first-order chi connectivity index (χ1) is 14.7. The molecule has 0 bridgehead atoms. The summed E-state index contributed by atoms with van der Waals surface area (Å²) in [5.74, 6) is 0.305. The molecule has 2 rings (SSSR count). The molecule has 31 heavy (non-hydrogen) atoms. The number of benzene rings is 2. The summed E-state index contributed by atoms with van der Waals surface area (Å²) in [6.07, 6.45) is 1.83. The average Bonchev–Trinajstić information content (AvgIpc) is 2.75. The fraction of sp³-hybridized carbons (Fsp3) is 0.462. The Labute approximate surface area is 192 Å². The zero-order valence-corrected chi connectivity index (χ0v) is 20.1. The molecule has 0 aliphatic heterocycles. The predicted octanol–water partition coefficient (Wildman–Crippen LogP) is 5.73. The van der Waals surface area contributed by atoms with Gasteiger partial charge in [-0.3, -0.25) is 9.59 Å². The summed E-state index contributed by atoms with van der Waals surface area (Å²) in [6, 6.07) is 15.3. The molecule has 2 aromatic carbocycles. The van der Waals surface area contributed by atoms with Crippen LogP contribution in [0.3, 0.4) is 0 Å². The van der Waals surface area contributed by atoms with Crippen LogP contribution in [-0.4, -0.2) is 28.8 Å². The normalized spacial score (nSPS) is 13.0. The van der Waals surface area contributed by atoms with Gasteiger partial charge in [0.15, 0.2) is 0 Å². The molecule has 0 radical (unpaired) electrons. The number of hydrogen-bond acceptors (Lipinski definition) is 2. The standard InChI is InChI=1S/C26H35ClN2O2/c1-6-19(4)28-26(31)20(5)29(17-22-8-7-9-24(27)16-22)25(30)15-12-21-10-13-23(14-11-21)18(2)3/h7-11,13-14,16,18-20H,6,12,15,17H2,1-5H3,(H,28,31)/t19-,20-/m0/s1. The van der Waals surface area contributed by atoms with Gasteiger partial charge in [-0.15, -0.1) is 0 Å². The largest absolute Gasteiger partial charge is 0.352 e. The van der Waals surface area contributed by atoms with Crippen LogP contribution in [0.15, 0.2) is 48.5 Å². The van der Waals surface area contributed by atoms with E-state index in [4.69, 9.17) is 11.6 Å².